The summed E-state index contributed by atoms with van der Waals surface area (Å²) in [6.45, 7) is 25.0. The van der Waals surface area contributed by atoms with E-state index in [2.05, 4.69) is 32.0 Å². The Morgan fingerprint density at radius 3 is 1.11 bits per heavy atom. The fourth-order valence-electron chi connectivity index (χ4n) is 7.04. The standard InChI is InChI=1S/C13H18FNO4S.C12H14FNO4.C12H16FNO2.C11H12FNO4.C11H16FNO2S.CH3I.CH4/c1-5-19-12(16)13(2,3)9-6-7-11(10(14)8-9)15-20(4,17)18;1-4-18-11(15)12(2,3)8-5-6-10(14(16)17)9(13)7-8;1-4-16-11(15)12(2,3)8-5-6-10(14)9(13)7-8;1-3-17-11(14)7(2)8-4-5-10(13(15)16)9(12)6-8;1-11(2,3)8-5-6-10(9(12)7-8)13-16(4,14)15;1-2;/h6-8,15H,5H2,1-4H3;5-7H,4H2,1-3H3;5-7H,4,14H2,1-3H3;4-7H,3H2,1-2H3;5-7,13H,1-4H3;1H3;1H4. The summed E-state index contributed by atoms with van der Waals surface area (Å²) in [5, 5.41) is 20.9. The zero-order chi connectivity index (χ0) is 69.4. The lowest BCUT2D eigenvalue weighted by molar-refractivity contribution is -0.387. The lowest BCUT2D eigenvalue weighted by atomic mass is 9.84. The number of hydrogen-bond donors (Lipinski definition) is 3. The number of anilines is 3. The van der Waals surface area contributed by atoms with Crippen LogP contribution >= 0.6 is 22.6 Å². The van der Waals surface area contributed by atoms with Gasteiger partial charge in [0.1, 0.15) is 17.5 Å². The van der Waals surface area contributed by atoms with E-state index in [-0.39, 0.29) is 55.7 Å². The summed E-state index contributed by atoms with van der Waals surface area (Å²) in [6.07, 6.45) is 1.92. The van der Waals surface area contributed by atoms with Gasteiger partial charge in [0.05, 0.1) is 88.0 Å². The summed E-state index contributed by atoms with van der Waals surface area (Å²) >= 11 is 2.15. The molecule has 0 aliphatic heterocycles. The Balaban J connectivity index is 0. The number of nitrogens with one attached hydrogen (secondary N) is 2. The first-order valence-corrected chi connectivity index (χ1v) is 32.8. The molecule has 0 spiro atoms. The molecule has 0 fully saturated rings. The Kier molecular flexibility index (Phi) is 34.7. The molecule has 502 valence electrons. The number of benzene rings is 5. The molecule has 0 amide bonds. The first kappa shape index (κ1) is 84.5. The van der Waals surface area contributed by atoms with Crippen molar-refractivity contribution >= 4 is 95.0 Å². The first-order valence-electron chi connectivity index (χ1n) is 26.9. The molecule has 0 bridgehead atoms. The van der Waals surface area contributed by atoms with Gasteiger partial charge >= 0.3 is 35.3 Å². The number of carbonyl (C=O) groups excluding carboxylic acids is 4. The van der Waals surface area contributed by atoms with Crippen molar-refractivity contribution in [2.45, 2.75) is 132 Å². The number of nitrogens with zero attached hydrogens (tertiary/aromatic N) is 2. The minimum absolute atomic E-state index is 0. The highest BCUT2D eigenvalue weighted by Crippen LogP contribution is 2.32. The molecule has 0 heterocycles. The largest absolute Gasteiger partial charge is 0.466 e. The Morgan fingerprint density at radius 1 is 0.511 bits per heavy atom. The van der Waals surface area contributed by atoms with Gasteiger partial charge in [0.2, 0.25) is 31.7 Å². The number of nitro groups is 2. The number of nitrogen functional groups attached to an aromatic ring is 1. The number of carbonyl (C=O) groups is 4. The van der Waals surface area contributed by atoms with Crippen LogP contribution in [0, 0.1) is 49.3 Å². The van der Waals surface area contributed by atoms with Crippen molar-refractivity contribution in [3.63, 3.8) is 0 Å². The van der Waals surface area contributed by atoms with E-state index in [1.54, 1.807) is 88.3 Å². The lowest BCUT2D eigenvalue weighted by Crippen LogP contribution is -2.31. The van der Waals surface area contributed by atoms with Crippen molar-refractivity contribution in [3.05, 3.63) is 168 Å². The average molecular weight is 1430 g/mol. The Bertz CT molecular complexity index is 3500. The van der Waals surface area contributed by atoms with E-state index < -0.39 is 110 Å². The van der Waals surface area contributed by atoms with Crippen LogP contribution in [0.3, 0.4) is 0 Å². The Hall–Kier alpha value is -7.54. The van der Waals surface area contributed by atoms with Crippen LogP contribution in [0.25, 0.3) is 0 Å². The number of nitrogens with two attached hydrogens (primary N) is 1. The van der Waals surface area contributed by atoms with Crippen LogP contribution in [0.1, 0.15) is 138 Å². The van der Waals surface area contributed by atoms with Gasteiger partial charge in [-0.05, 0) is 163 Å². The third kappa shape index (κ3) is 26.9. The Labute approximate surface area is 537 Å². The van der Waals surface area contributed by atoms with Gasteiger partial charge in [-0.3, -0.25) is 48.9 Å². The van der Waals surface area contributed by atoms with Crippen LogP contribution in [0.5, 0.6) is 0 Å². The fourth-order valence-corrected chi connectivity index (χ4v) is 8.17. The van der Waals surface area contributed by atoms with Crippen LogP contribution in [0.4, 0.5) is 50.4 Å². The highest BCUT2D eigenvalue weighted by Gasteiger charge is 2.35. The molecule has 4 N–H and O–H groups in total. The number of hydrogen-bond acceptors (Lipinski definition) is 17. The van der Waals surface area contributed by atoms with E-state index in [0.29, 0.717) is 28.9 Å². The highest BCUT2D eigenvalue weighted by atomic mass is 127. The maximum absolute atomic E-state index is 13.9. The molecule has 29 heteroatoms. The third-order valence-electron chi connectivity index (χ3n) is 12.4. The van der Waals surface area contributed by atoms with E-state index in [4.69, 9.17) is 24.7 Å². The predicted octanol–water partition coefficient (Wildman–Crippen LogP) is 13.4. The quantitative estimate of drug-likeness (QED) is 0.0107. The van der Waals surface area contributed by atoms with Crippen LogP contribution in [-0.2, 0) is 79.8 Å². The van der Waals surface area contributed by atoms with Gasteiger partial charge in [-0.2, -0.15) is 8.78 Å². The molecular formula is C61H83F5IN5O16S2. The van der Waals surface area contributed by atoms with E-state index in [9.17, 15) is 78.2 Å². The number of rotatable bonds is 18. The van der Waals surface area contributed by atoms with Crippen molar-refractivity contribution in [2.24, 2.45) is 0 Å². The van der Waals surface area contributed by atoms with E-state index in [1.807, 2.05) is 25.7 Å². The van der Waals surface area contributed by atoms with Gasteiger partial charge in [0.25, 0.3) is 0 Å². The third-order valence-corrected chi connectivity index (χ3v) is 13.6. The van der Waals surface area contributed by atoms with Crippen LogP contribution in [0.2, 0.25) is 0 Å². The molecule has 0 saturated heterocycles. The van der Waals surface area contributed by atoms with Crippen LogP contribution in [0.15, 0.2) is 91.0 Å². The summed E-state index contributed by atoms with van der Waals surface area (Å²) in [6, 6.07) is 19.6. The molecule has 90 heavy (non-hydrogen) atoms. The normalized spacial score (nSPS) is 11.5. The fraction of sp³-hybridized carbons (Fsp3) is 0.443. The summed E-state index contributed by atoms with van der Waals surface area (Å²) in [7, 11) is -6.99. The minimum Gasteiger partial charge on any atom is -0.466 e. The molecule has 0 aliphatic carbocycles. The van der Waals surface area contributed by atoms with Gasteiger partial charge in [-0.25, -0.2) is 30.0 Å². The van der Waals surface area contributed by atoms with Gasteiger partial charge in [-0.15, -0.1) is 0 Å². The Morgan fingerprint density at radius 2 is 0.811 bits per heavy atom. The predicted molar refractivity (Wildman–Crippen MR) is 346 cm³/mol. The molecular weight excluding hydrogens is 1340 g/mol. The molecule has 0 aliphatic rings. The second kappa shape index (κ2) is 37.0. The van der Waals surface area contributed by atoms with Crippen molar-refractivity contribution < 1.29 is 86.8 Å². The smallest absolute Gasteiger partial charge is 0.315 e. The maximum Gasteiger partial charge on any atom is 0.315 e. The number of ether oxygens (including phenoxy) is 4. The van der Waals surface area contributed by atoms with Crippen molar-refractivity contribution in [2.75, 3.05) is 59.0 Å². The molecule has 21 nitrogen and oxygen atoms in total. The molecule has 5 aromatic carbocycles. The summed E-state index contributed by atoms with van der Waals surface area (Å²) in [4.78, 5) is 67.9. The van der Waals surface area contributed by atoms with E-state index in [1.165, 1.54) is 48.5 Å². The van der Waals surface area contributed by atoms with Crippen molar-refractivity contribution in [1.82, 2.24) is 0 Å². The van der Waals surface area contributed by atoms with E-state index >= 15 is 0 Å². The van der Waals surface area contributed by atoms with Crippen molar-refractivity contribution in [1.29, 1.82) is 0 Å². The van der Waals surface area contributed by atoms with Crippen LogP contribution in [-0.4, -0.2) is 94.4 Å². The van der Waals surface area contributed by atoms with Gasteiger partial charge in [0, 0.05) is 12.1 Å². The number of sulfonamides is 2. The number of nitro benzene ring substituents is 2. The molecule has 0 aromatic heterocycles. The van der Waals surface area contributed by atoms with Gasteiger partial charge < -0.3 is 24.7 Å². The zero-order valence-corrected chi connectivity index (χ0v) is 56.4. The van der Waals surface area contributed by atoms with Gasteiger partial charge in [0.15, 0.2) is 0 Å². The van der Waals surface area contributed by atoms with E-state index in [0.717, 1.165) is 48.4 Å². The maximum atomic E-state index is 13.9. The molecule has 5 rings (SSSR count). The monoisotopic (exact) mass is 1430 g/mol. The lowest BCUT2D eigenvalue weighted by Gasteiger charge is -2.23. The number of esters is 4. The highest BCUT2D eigenvalue weighted by molar-refractivity contribution is 14.1. The summed E-state index contributed by atoms with van der Waals surface area (Å²) in [5.41, 5.74) is 3.44. The molecule has 1 unspecified atom stereocenters. The zero-order valence-electron chi connectivity index (χ0n) is 52.7. The number of alkyl halides is 1. The molecule has 5 aromatic rings. The second-order valence-corrected chi connectivity index (χ2v) is 25.0. The SMILES string of the molecule is C.CC(C)(C)c1ccc(NS(C)(=O)=O)c(F)c1.CCOC(=O)C(C)(C)c1ccc(N)c(F)c1.CCOC(=O)C(C)(C)c1ccc(NS(C)(=O)=O)c(F)c1.CCOC(=O)C(C)(C)c1ccc([N+](=O)[O-])c(F)c1.CCOC(=O)C(C)c1ccc([N+](=O)[O-])c(F)c1.CI. The molecule has 0 radical (unpaired) electrons. The topological polar surface area (TPSA) is 310 Å². The second-order valence-electron chi connectivity index (χ2n) is 21.5. The van der Waals surface area contributed by atoms with Gasteiger partial charge in [-0.1, -0.05) is 81.1 Å². The minimum atomic E-state index is -3.55. The molecule has 1 atom stereocenters. The number of halogens is 6. The molecule has 0 saturated carbocycles. The summed E-state index contributed by atoms with van der Waals surface area (Å²) < 4.78 is 135. The first-order chi connectivity index (χ1) is 40.8. The summed E-state index contributed by atoms with van der Waals surface area (Å²) in [5.74, 6) is -6.22. The van der Waals surface area contributed by atoms with Crippen LogP contribution < -0.4 is 15.2 Å². The van der Waals surface area contributed by atoms with Crippen molar-refractivity contribution in [3.8, 4) is 0 Å². The average Bonchev–Trinajstić information content (AvgIpc) is 1.36.